The van der Waals surface area contributed by atoms with E-state index in [1.54, 1.807) is 18.2 Å². The van der Waals surface area contributed by atoms with Crippen LogP contribution in [-0.2, 0) is 11.2 Å². The van der Waals surface area contributed by atoms with E-state index in [0.29, 0.717) is 11.3 Å². The first-order valence-corrected chi connectivity index (χ1v) is 4.39. The van der Waals surface area contributed by atoms with Crippen LogP contribution >= 0.6 is 12.4 Å². The van der Waals surface area contributed by atoms with Gasteiger partial charge in [-0.3, -0.25) is 4.79 Å². The van der Waals surface area contributed by atoms with Gasteiger partial charge in [0.25, 0.3) is 0 Å². The van der Waals surface area contributed by atoms with E-state index < -0.39 is 12.0 Å². The zero-order valence-corrected chi connectivity index (χ0v) is 9.53. The van der Waals surface area contributed by atoms with Gasteiger partial charge in [0, 0.05) is 6.42 Å². The highest BCUT2D eigenvalue weighted by molar-refractivity contribution is 5.85. The standard InChI is InChI=1S/C10H13NO4.ClH/c1-15-8-4-2-3-6(9(8)12)5-7(11)10(13)14;/h2-4,7,12H,5,11H2,1H3,(H,13,14);1H. The molecule has 90 valence electrons. The molecule has 0 spiro atoms. The Balaban J connectivity index is 0.00000225. The second-order valence-corrected chi connectivity index (χ2v) is 3.12. The Bertz CT molecular complexity index is 370. The van der Waals surface area contributed by atoms with Crippen molar-refractivity contribution in [2.75, 3.05) is 7.11 Å². The van der Waals surface area contributed by atoms with Gasteiger partial charge in [0.2, 0.25) is 0 Å². The number of aromatic hydroxyl groups is 1. The molecule has 6 heteroatoms. The van der Waals surface area contributed by atoms with Crippen LogP contribution in [-0.4, -0.2) is 29.3 Å². The molecule has 0 amide bonds. The van der Waals surface area contributed by atoms with Crippen molar-refractivity contribution in [2.24, 2.45) is 5.73 Å². The number of aliphatic carboxylic acids is 1. The SMILES string of the molecule is COc1cccc(CC(N)C(=O)O)c1O.Cl. The average molecular weight is 248 g/mol. The number of halogens is 1. The highest BCUT2D eigenvalue weighted by Crippen LogP contribution is 2.29. The highest BCUT2D eigenvalue weighted by atomic mass is 35.5. The Morgan fingerprint density at radius 2 is 2.19 bits per heavy atom. The van der Waals surface area contributed by atoms with Gasteiger partial charge in [0.1, 0.15) is 6.04 Å². The van der Waals surface area contributed by atoms with Crippen molar-refractivity contribution in [3.05, 3.63) is 23.8 Å². The van der Waals surface area contributed by atoms with Gasteiger partial charge in [-0.05, 0) is 11.6 Å². The van der Waals surface area contributed by atoms with Gasteiger partial charge in [0.05, 0.1) is 7.11 Å². The predicted octanol–water partition coefficient (Wildman–Crippen LogP) is 0.777. The first kappa shape index (κ1) is 14.5. The van der Waals surface area contributed by atoms with Gasteiger partial charge >= 0.3 is 5.97 Å². The van der Waals surface area contributed by atoms with Crippen molar-refractivity contribution in [1.82, 2.24) is 0 Å². The number of nitrogens with two attached hydrogens (primary N) is 1. The molecule has 0 aliphatic carbocycles. The van der Waals surface area contributed by atoms with Crippen LogP contribution in [0.2, 0.25) is 0 Å². The number of phenolic OH excluding ortho intramolecular Hbond substituents is 1. The minimum Gasteiger partial charge on any atom is -0.504 e. The molecule has 1 atom stereocenters. The third kappa shape index (κ3) is 3.29. The third-order valence-corrected chi connectivity index (χ3v) is 2.06. The quantitative estimate of drug-likeness (QED) is 0.731. The maximum Gasteiger partial charge on any atom is 0.320 e. The fourth-order valence-corrected chi connectivity index (χ4v) is 1.22. The molecule has 16 heavy (non-hydrogen) atoms. The Hall–Kier alpha value is -1.46. The first-order chi connectivity index (χ1) is 7.06. The normalized spacial score (nSPS) is 11.4. The molecule has 4 N–H and O–H groups in total. The van der Waals surface area contributed by atoms with Crippen LogP contribution in [0.4, 0.5) is 0 Å². The van der Waals surface area contributed by atoms with Gasteiger partial charge in [-0.2, -0.15) is 0 Å². The Morgan fingerprint density at radius 1 is 1.56 bits per heavy atom. The van der Waals surface area contributed by atoms with E-state index in [1.165, 1.54) is 7.11 Å². The Kier molecular flexibility index (Phi) is 5.63. The molecule has 1 aromatic rings. The Morgan fingerprint density at radius 3 is 2.69 bits per heavy atom. The smallest absolute Gasteiger partial charge is 0.320 e. The lowest BCUT2D eigenvalue weighted by Crippen LogP contribution is -2.32. The number of hydrogen-bond acceptors (Lipinski definition) is 4. The number of carboxylic acids is 1. The number of carboxylic acid groups (broad SMARTS) is 1. The number of phenols is 1. The van der Waals surface area contributed by atoms with Crippen molar-refractivity contribution in [2.45, 2.75) is 12.5 Å². The van der Waals surface area contributed by atoms with Crippen molar-refractivity contribution >= 4 is 18.4 Å². The number of ether oxygens (including phenoxy) is 1. The van der Waals surface area contributed by atoms with Crippen LogP contribution < -0.4 is 10.5 Å². The van der Waals surface area contributed by atoms with Crippen molar-refractivity contribution in [1.29, 1.82) is 0 Å². The monoisotopic (exact) mass is 247 g/mol. The second-order valence-electron chi connectivity index (χ2n) is 3.12. The van der Waals surface area contributed by atoms with E-state index in [0.717, 1.165) is 0 Å². The number of methoxy groups -OCH3 is 1. The predicted molar refractivity (Wildman–Crippen MR) is 61.2 cm³/mol. The fraction of sp³-hybridized carbons (Fsp3) is 0.300. The van der Waals surface area contributed by atoms with Crippen molar-refractivity contribution in [3.8, 4) is 11.5 Å². The van der Waals surface area contributed by atoms with Crippen LogP contribution in [0.5, 0.6) is 11.5 Å². The minimum absolute atomic E-state index is 0. The minimum atomic E-state index is -1.10. The molecule has 0 bridgehead atoms. The summed E-state index contributed by atoms with van der Waals surface area (Å²) in [6.07, 6.45) is 0.0678. The van der Waals surface area contributed by atoms with E-state index in [9.17, 15) is 9.90 Å². The Labute approximate surface area is 99.2 Å². The van der Waals surface area contributed by atoms with E-state index in [-0.39, 0.29) is 24.6 Å². The maximum absolute atomic E-state index is 10.5. The van der Waals surface area contributed by atoms with Gasteiger partial charge in [-0.15, -0.1) is 12.4 Å². The van der Waals surface area contributed by atoms with E-state index in [1.807, 2.05) is 0 Å². The summed E-state index contributed by atoms with van der Waals surface area (Å²) in [5.41, 5.74) is 5.82. The summed E-state index contributed by atoms with van der Waals surface area (Å²) in [6, 6.07) is 3.84. The zero-order chi connectivity index (χ0) is 11.4. The lowest BCUT2D eigenvalue weighted by atomic mass is 10.1. The lowest BCUT2D eigenvalue weighted by molar-refractivity contribution is -0.138. The molecular formula is C10H14ClNO4. The topological polar surface area (TPSA) is 92.8 Å². The molecular weight excluding hydrogens is 234 g/mol. The number of hydrogen-bond donors (Lipinski definition) is 3. The van der Waals surface area contributed by atoms with E-state index >= 15 is 0 Å². The summed E-state index contributed by atoms with van der Waals surface area (Å²) in [5.74, 6) is -0.848. The molecule has 0 heterocycles. The fourth-order valence-electron chi connectivity index (χ4n) is 1.22. The number of carbonyl (C=O) groups is 1. The van der Waals surface area contributed by atoms with Crippen LogP contribution in [0.3, 0.4) is 0 Å². The average Bonchev–Trinajstić information content (AvgIpc) is 2.21. The van der Waals surface area contributed by atoms with Gasteiger partial charge in [-0.1, -0.05) is 12.1 Å². The molecule has 1 unspecified atom stereocenters. The number of rotatable bonds is 4. The van der Waals surface area contributed by atoms with Gasteiger partial charge in [0.15, 0.2) is 11.5 Å². The largest absolute Gasteiger partial charge is 0.504 e. The molecule has 0 aromatic heterocycles. The molecule has 1 aromatic carbocycles. The number of benzene rings is 1. The van der Waals surface area contributed by atoms with Gasteiger partial charge < -0.3 is 20.7 Å². The molecule has 0 aliphatic rings. The van der Waals surface area contributed by atoms with Crippen LogP contribution in [0.1, 0.15) is 5.56 Å². The van der Waals surface area contributed by atoms with Gasteiger partial charge in [-0.25, -0.2) is 0 Å². The molecule has 0 radical (unpaired) electrons. The summed E-state index contributed by atoms with van der Waals surface area (Å²) in [5, 5.41) is 18.3. The molecule has 0 saturated heterocycles. The van der Waals surface area contributed by atoms with Crippen LogP contribution in [0.25, 0.3) is 0 Å². The first-order valence-electron chi connectivity index (χ1n) is 4.39. The molecule has 1 rings (SSSR count). The van der Waals surface area contributed by atoms with Crippen molar-refractivity contribution in [3.63, 3.8) is 0 Å². The maximum atomic E-state index is 10.5. The third-order valence-electron chi connectivity index (χ3n) is 2.06. The van der Waals surface area contributed by atoms with Crippen LogP contribution in [0, 0.1) is 0 Å². The van der Waals surface area contributed by atoms with Crippen molar-refractivity contribution < 1.29 is 19.7 Å². The second kappa shape index (κ2) is 6.19. The van der Waals surface area contributed by atoms with E-state index in [2.05, 4.69) is 0 Å². The molecule has 0 aliphatic heterocycles. The summed E-state index contributed by atoms with van der Waals surface area (Å²) in [7, 11) is 1.43. The molecule has 5 nitrogen and oxygen atoms in total. The molecule has 0 fully saturated rings. The number of para-hydroxylation sites is 1. The highest BCUT2D eigenvalue weighted by Gasteiger charge is 2.16. The summed E-state index contributed by atoms with van der Waals surface area (Å²) in [6.45, 7) is 0. The zero-order valence-electron chi connectivity index (χ0n) is 8.71. The summed E-state index contributed by atoms with van der Waals surface area (Å²) >= 11 is 0. The summed E-state index contributed by atoms with van der Waals surface area (Å²) in [4.78, 5) is 10.5. The molecule has 0 saturated carbocycles. The van der Waals surface area contributed by atoms with E-state index in [4.69, 9.17) is 15.6 Å². The summed E-state index contributed by atoms with van der Waals surface area (Å²) < 4.78 is 4.89. The lowest BCUT2D eigenvalue weighted by Gasteiger charge is -2.10. The van der Waals surface area contributed by atoms with Crippen LogP contribution in [0.15, 0.2) is 18.2 Å².